The van der Waals surface area contributed by atoms with Gasteiger partial charge in [-0.3, -0.25) is 0 Å². The molecule has 0 aliphatic carbocycles. The second-order valence-electron chi connectivity index (χ2n) is 4.49. The minimum absolute atomic E-state index is 0.432. The van der Waals surface area contributed by atoms with E-state index in [2.05, 4.69) is 20.1 Å². The lowest BCUT2D eigenvalue weighted by molar-refractivity contribution is 0.432. The Labute approximate surface area is 115 Å². The van der Waals surface area contributed by atoms with E-state index in [0.29, 0.717) is 28.9 Å². The Bertz CT molecular complexity index is 766. The van der Waals surface area contributed by atoms with Crippen LogP contribution in [0.2, 0.25) is 0 Å². The zero-order valence-corrected chi connectivity index (χ0v) is 11.2. The summed E-state index contributed by atoms with van der Waals surface area (Å²) < 4.78 is 5.30. The number of nitrogen functional groups attached to an aromatic ring is 1. The second-order valence-corrected chi connectivity index (χ2v) is 4.49. The highest BCUT2D eigenvalue weighted by Gasteiger charge is 2.13. The van der Waals surface area contributed by atoms with E-state index in [-0.39, 0.29) is 0 Å². The quantitative estimate of drug-likeness (QED) is 0.717. The number of nitrogens with zero attached hydrogens (tertiary/aromatic N) is 4. The molecule has 0 bridgehead atoms. The number of aryl methyl sites for hydroxylation is 2. The highest BCUT2D eigenvalue weighted by atomic mass is 16.5. The van der Waals surface area contributed by atoms with Crippen LogP contribution < -0.4 is 5.73 Å². The molecule has 0 atom stereocenters. The predicted molar refractivity (Wildman–Crippen MR) is 74.6 cm³/mol. The molecule has 0 saturated carbocycles. The normalized spacial score (nSPS) is 10.7. The van der Waals surface area contributed by atoms with Gasteiger partial charge in [0.1, 0.15) is 11.5 Å². The van der Waals surface area contributed by atoms with Crippen molar-refractivity contribution in [1.82, 2.24) is 20.1 Å². The van der Waals surface area contributed by atoms with Crippen molar-refractivity contribution in [2.75, 3.05) is 5.73 Å². The number of nitrogens with two attached hydrogens (primary N) is 1. The van der Waals surface area contributed by atoms with Crippen LogP contribution in [0.15, 0.2) is 35.0 Å². The Balaban J connectivity index is 2.04. The summed E-state index contributed by atoms with van der Waals surface area (Å²) in [7, 11) is 0. The summed E-state index contributed by atoms with van der Waals surface area (Å²) in [4.78, 5) is 12.7. The van der Waals surface area contributed by atoms with E-state index < -0.39 is 0 Å². The van der Waals surface area contributed by atoms with Gasteiger partial charge < -0.3 is 10.3 Å². The third kappa shape index (κ3) is 2.23. The summed E-state index contributed by atoms with van der Waals surface area (Å²) in [6.07, 6.45) is 1.67. The summed E-state index contributed by atoms with van der Waals surface area (Å²) in [6, 6.07) is 7.32. The van der Waals surface area contributed by atoms with Crippen LogP contribution in [0.1, 0.15) is 11.4 Å². The second kappa shape index (κ2) is 4.73. The third-order valence-corrected chi connectivity index (χ3v) is 2.92. The molecule has 3 rings (SSSR count). The van der Waals surface area contributed by atoms with E-state index in [0.717, 1.165) is 11.1 Å². The monoisotopic (exact) mass is 267 g/mol. The zero-order chi connectivity index (χ0) is 14.1. The lowest BCUT2D eigenvalue weighted by atomic mass is 10.1. The van der Waals surface area contributed by atoms with E-state index in [9.17, 15) is 0 Å². The van der Waals surface area contributed by atoms with Crippen molar-refractivity contribution < 1.29 is 4.52 Å². The zero-order valence-electron chi connectivity index (χ0n) is 11.2. The van der Waals surface area contributed by atoms with Crippen molar-refractivity contribution >= 4 is 5.69 Å². The first-order valence-corrected chi connectivity index (χ1v) is 6.14. The molecule has 0 aliphatic rings. The van der Waals surface area contributed by atoms with Crippen LogP contribution in [0.3, 0.4) is 0 Å². The van der Waals surface area contributed by atoms with Gasteiger partial charge in [-0.05, 0) is 37.6 Å². The number of aromatic nitrogens is 4. The van der Waals surface area contributed by atoms with Gasteiger partial charge in [-0.2, -0.15) is 4.98 Å². The fourth-order valence-electron chi connectivity index (χ4n) is 1.89. The van der Waals surface area contributed by atoms with Crippen molar-refractivity contribution in [3.8, 4) is 23.0 Å². The van der Waals surface area contributed by atoms with Gasteiger partial charge >= 0.3 is 0 Å². The molecule has 0 radical (unpaired) electrons. The fraction of sp³-hybridized carbons (Fsp3) is 0.143. The molecule has 2 heterocycles. The maximum atomic E-state index is 5.79. The van der Waals surface area contributed by atoms with Crippen molar-refractivity contribution in [1.29, 1.82) is 0 Å². The Hall–Kier alpha value is -2.76. The molecule has 1 aromatic carbocycles. The molecule has 0 fully saturated rings. The Morgan fingerprint density at radius 1 is 1.10 bits per heavy atom. The van der Waals surface area contributed by atoms with Crippen molar-refractivity contribution in [2.24, 2.45) is 0 Å². The Morgan fingerprint density at radius 3 is 2.75 bits per heavy atom. The summed E-state index contributed by atoms with van der Waals surface area (Å²) in [5.41, 5.74) is 8.93. The lowest BCUT2D eigenvalue weighted by Gasteiger charge is -2.01. The highest BCUT2D eigenvalue weighted by molar-refractivity contribution is 5.65. The van der Waals surface area contributed by atoms with Crippen molar-refractivity contribution in [2.45, 2.75) is 13.8 Å². The van der Waals surface area contributed by atoms with Gasteiger partial charge in [0.2, 0.25) is 5.82 Å². The van der Waals surface area contributed by atoms with Gasteiger partial charge in [0.25, 0.3) is 5.89 Å². The van der Waals surface area contributed by atoms with E-state index in [1.54, 1.807) is 12.3 Å². The first kappa shape index (κ1) is 12.3. The molecule has 0 aliphatic heterocycles. The van der Waals surface area contributed by atoms with E-state index >= 15 is 0 Å². The van der Waals surface area contributed by atoms with E-state index in [1.807, 2.05) is 32.0 Å². The fourth-order valence-corrected chi connectivity index (χ4v) is 1.89. The predicted octanol–water partition coefficient (Wildman–Crippen LogP) is 2.39. The number of rotatable bonds is 2. The molecular weight excluding hydrogens is 254 g/mol. The van der Waals surface area contributed by atoms with Gasteiger partial charge in [0.15, 0.2) is 0 Å². The van der Waals surface area contributed by atoms with E-state index in [1.165, 1.54) is 0 Å². The molecule has 2 aromatic heterocycles. The van der Waals surface area contributed by atoms with Gasteiger partial charge in [0, 0.05) is 17.4 Å². The van der Waals surface area contributed by atoms with Gasteiger partial charge in [-0.1, -0.05) is 11.2 Å². The molecule has 0 unspecified atom stereocenters. The van der Waals surface area contributed by atoms with Crippen LogP contribution in [0.25, 0.3) is 23.0 Å². The van der Waals surface area contributed by atoms with Crippen LogP contribution >= 0.6 is 0 Å². The van der Waals surface area contributed by atoms with Crippen LogP contribution in [-0.2, 0) is 0 Å². The van der Waals surface area contributed by atoms with Crippen LogP contribution in [0.5, 0.6) is 0 Å². The molecule has 20 heavy (non-hydrogen) atoms. The van der Waals surface area contributed by atoms with E-state index in [4.69, 9.17) is 10.3 Å². The SMILES string of the molecule is Cc1nccc(-c2noc(-c3cc(N)ccc3C)n2)n1. The average Bonchev–Trinajstić information content (AvgIpc) is 2.91. The topological polar surface area (TPSA) is 90.7 Å². The summed E-state index contributed by atoms with van der Waals surface area (Å²) in [5, 5.41) is 3.96. The number of benzene rings is 1. The third-order valence-electron chi connectivity index (χ3n) is 2.92. The lowest BCUT2D eigenvalue weighted by Crippen LogP contribution is -1.91. The van der Waals surface area contributed by atoms with Crippen LogP contribution in [0.4, 0.5) is 5.69 Å². The smallest absolute Gasteiger partial charge is 0.258 e. The minimum atomic E-state index is 0.432. The van der Waals surface area contributed by atoms with Crippen LogP contribution in [-0.4, -0.2) is 20.1 Å². The van der Waals surface area contributed by atoms with Gasteiger partial charge in [-0.15, -0.1) is 0 Å². The molecule has 2 N–H and O–H groups in total. The Morgan fingerprint density at radius 2 is 1.95 bits per heavy atom. The molecule has 100 valence electrons. The first-order valence-electron chi connectivity index (χ1n) is 6.14. The molecule has 0 spiro atoms. The maximum absolute atomic E-state index is 5.79. The average molecular weight is 267 g/mol. The molecular formula is C14H13N5O. The van der Waals surface area contributed by atoms with Crippen molar-refractivity contribution in [3.05, 3.63) is 41.9 Å². The first-order chi connectivity index (χ1) is 9.63. The summed E-state index contributed by atoms with van der Waals surface area (Å²) in [5.74, 6) is 1.53. The molecule has 0 amide bonds. The Kier molecular flexibility index (Phi) is 2.90. The summed E-state index contributed by atoms with van der Waals surface area (Å²) in [6.45, 7) is 3.78. The summed E-state index contributed by atoms with van der Waals surface area (Å²) >= 11 is 0. The highest BCUT2D eigenvalue weighted by Crippen LogP contribution is 2.25. The van der Waals surface area contributed by atoms with Crippen LogP contribution in [0, 0.1) is 13.8 Å². The largest absolute Gasteiger partial charge is 0.399 e. The van der Waals surface area contributed by atoms with Gasteiger partial charge in [-0.25, -0.2) is 9.97 Å². The standard InChI is InChI=1S/C14H13N5O/c1-8-3-4-10(15)7-11(8)14-18-13(19-20-14)12-5-6-16-9(2)17-12/h3-7H,15H2,1-2H3. The van der Waals surface area contributed by atoms with Gasteiger partial charge in [0.05, 0.1) is 0 Å². The molecule has 6 heteroatoms. The number of hydrogen-bond donors (Lipinski definition) is 1. The van der Waals surface area contributed by atoms with Crippen molar-refractivity contribution in [3.63, 3.8) is 0 Å². The molecule has 0 saturated heterocycles. The number of hydrogen-bond acceptors (Lipinski definition) is 6. The number of anilines is 1. The molecule has 3 aromatic rings. The maximum Gasteiger partial charge on any atom is 0.258 e. The molecule has 6 nitrogen and oxygen atoms in total. The minimum Gasteiger partial charge on any atom is -0.399 e.